The smallest absolute Gasteiger partial charge is 0.305 e. The quantitative estimate of drug-likeness (QED) is 0.359. The van der Waals surface area contributed by atoms with Gasteiger partial charge in [-0.25, -0.2) is 4.98 Å². The number of esters is 1. The van der Waals surface area contributed by atoms with Crippen LogP contribution in [0.1, 0.15) is 77.1 Å². The molecule has 2 aromatic rings. The van der Waals surface area contributed by atoms with Crippen molar-refractivity contribution >= 4 is 34.8 Å². The van der Waals surface area contributed by atoms with Gasteiger partial charge < -0.3 is 10.1 Å². The fourth-order valence-corrected chi connectivity index (χ4v) is 5.03. The number of Topliss-reactive ketones (excluding diaryl/α,β-unsaturated/α-hetero) is 2. The summed E-state index contributed by atoms with van der Waals surface area (Å²) in [5.41, 5.74) is 3.20. The first-order chi connectivity index (χ1) is 16.4. The van der Waals surface area contributed by atoms with E-state index in [4.69, 9.17) is 0 Å². The number of ketones is 2. The second-order valence-electron chi connectivity index (χ2n) is 8.84. The van der Waals surface area contributed by atoms with E-state index in [1.165, 1.54) is 18.4 Å². The summed E-state index contributed by atoms with van der Waals surface area (Å²) >= 11 is 1.39. The van der Waals surface area contributed by atoms with Crippen molar-refractivity contribution in [3.8, 4) is 0 Å². The van der Waals surface area contributed by atoms with E-state index in [1.807, 2.05) is 30.5 Å². The van der Waals surface area contributed by atoms with Crippen molar-refractivity contribution in [1.82, 2.24) is 10.3 Å². The number of rotatable bonds is 12. The van der Waals surface area contributed by atoms with Crippen molar-refractivity contribution in [2.45, 2.75) is 71.3 Å². The average Bonchev–Trinajstić information content (AvgIpc) is 3.50. The summed E-state index contributed by atoms with van der Waals surface area (Å²) < 4.78 is 4.56. The molecular weight excluding hydrogens is 452 g/mol. The standard InChI is InChI=1S/C26H32N2O5S/c1-17-10-11-19(22(12-17)26(32)18-6-3-4-7-18)13-21(29)14-24-28-20(16-34-24)15-27-23(30)8-5-9-25(31)33-2/h10-12,16,18H,3-9,13-15H2,1-2H3,(H,27,30). The van der Waals surface area contributed by atoms with Crippen LogP contribution in [-0.2, 0) is 38.5 Å². The molecular formula is C26H32N2O5S. The van der Waals surface area contributed by atoms with E-state index in [0.29, 0.717) is 22.7 Å². The van der Waals surface area contributed by atoms with Gasteiger partial charge in [0, 0.05) is 36.1 Å². The summed E-state index contributed by atoms with van der Waals surface area (Å²) in [7, 11) is 1.32. The molecule has 0 radical (unpaired) electrons. The van der Waals surface area contributed by atoms with Crippen LogP contribution in [0.3, 0.4) is 0 Å². The number of aromatic nitrogens is 1. The van der Waals surface area contributed by atoms with E-state index in [-0.39, 0.29) is 61.6 Å². The normalized spacial score (nSPS) is 13.6. The molecule has 1 amide bonds. The van der Waals surface area contributed by atoms with Gasteiger partial charge in [-0.3, -0.25) is 19.2 Å². The monoisotopic (exact) mass is 484 g/mol. The van der Waals surface area contributed by atoms with Crippen LogP contribution in [0.25, 0.3) is 0 Å². The van der Waals surface area contributed by atoms with Gasteiger partial charge >= 0.3 is 5.97 Å². The van der Waals surface area contributed by atoms with Crippen molar-refractivity contribution in [2.75, 3.05) is 7.11 Å². The Kier molecular flexibility index (Phi) is 9.51. The minimum absolute atomic E-state index is 0.0112. The zero-order valence-electron chi connectivity index (χ0n) is 19.9. The predicted molar refractivity (Wildman–Crippen MR) is 130 cm³/mol. The lowest BCUT2D eigenvalue weighted by Crippen LogP contribution is -2.22. The molecule has 7 nitrogen and oxygen atoms in total. The fraction of sp³-hybridized carbons (Fsp3) is 0.500. The van der Waals surface area contributed by atoms with E-state index < -0.39 is 0 Å². The molecule has 1 saturated carbocycles. The number of methoxy groups -OCH3 is 1. The number of carbonyl (C=O) groups is 4. The third-order valence-corrected chi connectivity index (χ3v) is 6.97. The Morgan fingerprint density at radius 1 is 1.12 bits per heavy atom. The van der Waals surface area contributed by atoms with Crippen molar-refractivity contribution in [3.63, 3.8) is 0 Å². The Labute approximate surface area is 204 Å². The molecule has 3 rings (SSSR count). The summed E-state index contributed by atoms with van der Waals surface area (Å²) in [6.45, 7) is 2.24. The molecule has 1 aromatic carbocycles. The SMILES string of the molecule is COC(=O)CCCC(=O)NCc1csc(CC(=O)Cc2ccc(C)cc2C(=O)C2CCCC2)n1. The second kappa shape index (κ2) is 12.6. The molecule has 0 bridgehead atoms. The van der Waals surface area contributed by atoms with Gasteiger partial charge in [-0.2, -0.15) is 0 Å². The largest absolute Gasteiger partial charge is 0.469 e. The maximum atomic E-state index is 13.0. The molecule has 1 fully saturated rings. The third kappa shape index (κ3) is 7.58. The number of ether oxygens (including phenoxy) is 1. The van der Waals surface area contributed by atoms with Gasteiger partial charge in [-0.15, -0.1) is 11.3 Å². The Morgan fingerprint density at radius 3 is 2.62 bits per heavy atom. The number of thiazole rings is 1. The maximum Gasteiger partial charge on any atom is 0.305 e. The number of nitrogens with zero attached hydrogens (tertiary/aromatic N) is 1. The molecule has 0 unspecified atom stereocenters. The lowest BCUT2D eigenvalue weighted by molar-refractivity contribution is -0.140. The van der Waals surface area contributed by atoms with Crippen LogP contribution in [0.4, 0.5) is 0 Å². The topological polar surface area (TPSA) is 102 Å². The first kappa shape index (κ1) is 25.7. The first-order valence-corrected chi connectivity index (χ1v) is 12.7. The molecule has 1 N–H and O–H groups in total. The Hall–Kier alpha value is -2.87. The van der Waals surface area contributed by atoms with Crippen LogP contribution in [-0.4, -0.2) is 35.5 Å². The fourth-order valence-electron chi connectivity index (χ4n) is 4.21. The molecule has 1 heterocycles. The third-order valence-electron chi connectivity index (χ3n) is 6.07. The molecule has 0 spiro atoms. The summed E-state index contributed by atoms with van der Waals surface area (Å²) in [6.07, 6.45) is 5.34. The number of benzene rings is 1. The molecule has 34 heavy (non-hydrogen) atoms. The molecule has 1 aliphatic carbocycles. The van der Waals surface area contributed by atoms with E-state index >= 15 is 0 Å². The van der Waals surface area contributed by atoms with Crippen LogP contribution in [0.15, 0.2) is 23.6 Å². The average molecular weight is 485 g/mol. The number of nitrogens with one attached hydrogen (secondary N) is 1. The molecule has 0 atom stereocenters. The maximum absolute atomic E-state index is 13.0. The van der Waals surface area contributed by atoms with Crippen molar-refractivity contribution in [3.05, 3.63) is 51.0 Å². The van der Waals surface area contributed by atoms with Gasteiger partial charge in [0.1, 0.15) is 10.8 Å². The van der Waals surface area contributed by atoms with Crippen molar-refractivity contribution in [2.24, 2.45) is 5.92 Å². The lowest BCUT2D eigenvalue weighted by Gasteiger charge is -2.13. The molecule has 8 heteroatoms. The predicted octanol–water partition coefficient (Wildman–Crippen LogP) is 4.14. The van der Waals surface area contributed by atoms with Gasteiger partial charge in [-0.05, 0) is 37.8 Å². The van der Waals surface area contributed by atoms with Crippen LogP contribution in [0, 0.1) is 12.8 Å². The van der Waals surface area contributed by atoms with E-state index in [2.05, 4.69) is 15.0 Å². The van der Waals surface area contributed by atoms with Crippen LogP contribution in [0.2, 0.25) is 0 Å². The van der Waals surface area contributed by atoms with Crippen LogP contribution >= 0.6 is 11.3 Å². The number of hydrogen-bond donors (Lipinski definition) is 1. The van der Waals surface area contributed by atoms with E-state index in [9.17, 15) is 19.2 Å². The van der Waals surface area contributed by atoms with Gasteiger partial charge in [0.2, 0.25) is 5.91 Å². The Balaban J connectivity index is 1.51. The number of aryl methyl sites for hydroxylation is 1. The number of amides is 1. The van der Waals surface area contributed by atoms with Crippen LogP contribution in [0.5, 0.6) is 0 Å². The van der Waals surface area contributed by atoms with Gasteiger partial charge in [-0.1, -0.05) is 30.5 Å². The zero-order chi connectivity index (χ0) is 24.5. The highest BCUT2D eigenvalue weighted by atomic mass is 32.1. The number of carbonyl (C=O) groups excluding carboxylic acids is 4. The highest BCUT2D eigenvalue weighted by molar-refractivity contribution is 7.09. The first-order valence-electron chi connectivity index (χ1n) is 11.8. The Bertz CT molecular complexity index is 1040. The minimum Gasteiger partial charge on any atom is -0.469 e. The number of hydrogen-bond acceptors (Lipinski definition) is 7. The van der Waals surface area contributed by atoms with Crippen molar-refractivity contribution < 1.29 is 23.9 Å². The van der Waals surface area contributed by atoms with E-state index in [1.54, 1.807) is 0 Å². The van der Waals surface area contributed by atoms with Crippen LogP contribution < -0.4 is 5.32 Å². The summed E-state index contributed by atoms with van der Waals surface area (Å²) in [6, 6.07) is 5.76. The summed E-state index contributed by atoms with van der Waals surface area (Å²) in [4.78, 5) is 53.3. The molecule has 1 aromatic heterocycles. The van der Waals surface area contributed by atoms with Gasteiger partial charge in [0.25, 0.3) is 0 Å². The lowest BCUT2D eigenvalue weighted by atomic mass is 9.90. The highest BCUT2D eigenvalue weighted by Crippen LogP contribution is 2.29. The molecule has 0 saturated heterocycles. The molecule has 1 aliphatic rings. The molecule has 0 aliphatic heterocycles. The van der Waals surface area contributed by atoms with E-state index in [0.717, 1.165) is 36.8 Å². The zero-order valence-corrected chi connectivity index (χ0v) is 20.7. The minimum atomic E-state index is -0.331. The summed E-state index contributed by atoms with van der Waals surface area (Å²) in [5.74, 6) is -0.233. The Morgan fingerprint density at radius 2 is 1.88 bits per heavy atom. The van der Waals surface area contributed by atoms with Gasteiger partial charge in [0.05, 0.1) is 25.8 Å². The van der Waals surface area contributed by atoms with Crippen molar-refractivity contribution in [1.29, 1.82) is 0 Å². The summed E-state index contributed by atoms with van der Waals surface area (Å²) in [5, 5.41) is 5.30. The second-order valence-corrected chi connectivity index (χ2v) is 9.78. The highest BCUT2D eigenvalue weighted by Gasteiger charge is 2.26. The molecule has 182 valence electrons. The van der Waals surface area contributed by atoms with Gasteiger partial charge in [0.15, 0.2) is 5.78 Å².